The van der Waals surface area contributed by atoms with Crippen molar-refractivity contribution in [2.75, 3.05) is 25.0 Å². The lowest BCUT2D eigenvalue weighted by Crippen LogP contribution is -2.39. The van der Waals surface area contributed by atoms with Gasteiger partial charge in [-0.2, -0.15) is 0 Å². The number of ether oxygens (including phenoxy) is 1. The van der Waals surface area contributed by atoms with Crippen LogP contribution in [0.3, 0.4) is 0 Å². The van der Waals surface area contributed by atoms with Gasteiger partial charge in [-0.15, -0.1) is 0 Å². The third-order valence-electron chi connectivity index (χ3n) is 5.20. The van der Waals surface area contributed by atoms with Crippen molar-refractivity contribution >= 4 is 29.3 Å². The van der Waals surface area contributed by atoms with E-state index in [2.05, 4.69) is 20.9 Å². The average molecular weight is 500 g/mol. The van der Waals surface area contributed by atoms with E-state index in [0.29, 0.717) is 24.9 Å². The van der Waals surface area contributed by atoms with Crippen LogP contribution in [0.4, 0.5) is 11.5 Å². The number of aryl methyl sites for hydroxylation is 1. The molecule has 0 aliphatic heterocycles. The van der Waals surface area contributed by atoms with E-state index >= 15 is 0 Å². The Morgan fingerprint density at radius 1 is 1.14 bits per heavy atom. The molecule has 36 heavy (non-hydrogen) atoms. The Bertz CT molecular complexity index is 1050. The Morgan fingerprint density at radius 2 is 1.94 bits per heavy atom. The summed E-state index contributed by atoms with van der Waals surface area (Å²) in [5, 5.41) is 19.5. The molecule has 1 aromatic heterocycles. The van der Waals surface area contributed by atoms with Crippen molar-refractivity contribution in [1.82, 2.24) is 15.6 Å². The number of nitrogens with zero attached hydrogens (tertiary/aromatic N) is 2. The molecule has 1 aromatic carbocycles. The number of non-ortho nitro benzene ring substituents is 1. The molecular weight excluding hydrogens is 466 g/mol. The molecule has 0 radical (unpaired) electrons. The van der Waals surface area contributed by atoms with E-state index in [0.717, 1.165) is 17.8 Å². The molecule has 2 rings (SSSR count). The van der Waals surface area contributed by atoms with Gasteiger partial charge in [-0.3, -0.25) is 24.5 Å². The second-order valence-electron chi connectivity index (χ2n) is 8.28. The molecule has 11 heteroatoms. The number of carbonyl (C=O) groups is 3. The Balaban J connectivity index is 1.86. The molecule has 1 unspecified atom stereocenters. The molecule has 0 aliphatic rings. The number of amides is 2. The zero-order chi connectivity index (χ0) is 26.3. The molecule has 0 spiro atoms. The standard InChI is InChI=1S/C25H33N5O6/c1-3-4-13-36-25(33)16-21(19-7-5-8-20(15-19)30(34)35)29-24(32)17-28-23(31)9-6-11-26-22-14-18(2)10-12-27-22/h5,7-8,10,12,14-15,21H,3-4,6,9,11,13,16-17H2,1-2H3,(H,26,27)(H,28,31)(H,29,32). The molecule has 0 bridgehead atoms. The second kappa shape index (κ2) is 15.1. The average Bonchev–Trinajstić information content (AvgIpc) is 2.85. The molecule has 2 aromatic rings. The molecule has 0 aliphatic carbocycles. The second-order valence-corrected chi connectivity index (χ2v) is 8.28. The first-order valence-electron chi connectivity index (χ1n) is 11.9. The highest BCUT2D eigenvalue weighted by Crippen LogP contribution is 2.22. The molecular formula is C25H33N5O6. The largest absolute Gasteiger partial charge is 0.466 e. The minimum absolute atomic E-state index is 0.158. The van der Waals surface area contributed by atoms with Crippen molar-refractivity contribution in [3.8, 4) is 0 Å². The van der Waals surface area contributed by atoms with E-state index in [-0.39, 0.29) is 37.6 Å². The van der Waals surface area contributed by atoms with Crippen LogP contribution in [0.15, 0.2) is 42.6 Å². The van der Waals surface area contributed by atoms with Gasteiger partial charge in [-0.25, -0.2) is 4.98 Å². The summed E-state index contributed by atoms with van der Waals surface area (Å²) in [5.41, 5.74) is 1.31. The van der Waals surface area contributed by atoms with Crippen LogP contribution in [0.5, 0.6) is 0 Å². The fourth-order valence-corrected chi connectivity index (χ4v) is 3.27. The highest BCUT2D eigenvalue weighted by atomic mass is 16.6. The smallest absolute Gasteiger partial charge is 0.308 e. The third kappa shape index (κ3) is 10.5. The maximum Gasteiger partial charge on any atom is 0.308 e. The Labute approximate surface area is 210 Å². The summed E-state index contributed by atoms with van der Waals surface area (Å²) in [5.74, 6) is -0.617. The van der Waals surface area contributed by atoms with Crippen LogP contribution in [-0.2, 0) is 19.1 Å². The fraction of sp³-hybridized carbons (Fsp3) is 0.440. The van der Waals surface area contributed by atoms with Crippen molar-refractivity contribution in [3.63, 3.8) is 0 Å². The van der Waals surface area contributed by atoms with E-state index in [1.165, 1.54) is 18.2 Å². The molecule has 1 heterocycles. The van der Waals surface area contributed by atoms with Gasteiger partial charge in [0, 0.05) is 31.3 Å². The number of carbonyl (C=O) groups excluding carboxylic acids is 3. The predicted molar refractivity (Wildman–Crippen MR) is 134 cm³/mol. The number of anilines is 1. The van der Waals surface area contributed by atoms with Crippen LogP contribution in [0.25, 0.3) is 0 Å². The zero-order valence-electron chi connectivity index (χ0n) is 20.6. The normalized spacial score (nSPS) is 11.3. The summed E-state index contributed by atoms with van der Waals surface area (Å²) < 4.78 is 5.18. The summed E-state index contributed by atoms with van der Waals surface area (Å²) in [4.78, 5) is 51.7. The lowest BCUT2D eigenvalue weighted by Gasteiger charge is -2.19. The number of unbranched alkanes of at least 4 members (excludes halogenated alkanes) is 1. The summed E-state index contributed by atoms with van der Waals surface area (Å²) in [6, 6.07) is 8.66. The summed E-state index contributed by atoms with van der Waals surface area (Å²) in [7, 11) is 0. The third-order valence-corrected chi connectivity index (χ3v) is 5.20. The molecule has 0 fully saturated rings. The van der Waals surface area contributed by atoms with Gasteiger partial charge in [0.05, 0.1) is 30.5 Å². The van der Waals surface area contributed by atoms with E-state index in [9.17, 15) is 24.5 Å². The number of nitro benzene ring substituents is 1. The molecule has 194 valence electrons. The minimum atomic E-state index is -0.838. The SMILES string of the molecule is CCCCOC(=O)CC(NC(=O)CNC(=O)CCCNc1cc(C)ccn1)c1cccc([N+](=O)[O-])c1. The maximum atomic E-state index is 12.5. The topological polar surface area (TPSA) is 153 Å². The number of nitro groups is 1. The van der Waals surface area contributed by atoms with Crippen LogP contribution < -0.4 is 16.0 Å². The maximum absolute atomic E-state index is 12.5. The number of rotatable bonds is 15. The van der Waals surface area contributed by atoms with Gasteiger partial charge in [0.15, 0.2) is 0 Å². The molecule has 3 N–H and O–H groups in total. The number of hydrogen-bond acceptors (Lipinski definition) is 8. The van der Waals surface area contributed by atoms with Crippen LogP contribution in [0.2, 0.25) is 0 Å². The number of hydrogen-bond donors (Lipinski definition) is 3. The quantitative estimate of drug-likeness (QED) is 0.146. The number of nitrogens with one attached hydrogen (secondary N) is 3. The van der Waals surface area contributed by atoms with Gasteiger partial charge in [0.2, 0.25) is 11.8 Å². The summed E-state index contributed by atoms with van der Waals surface area (Å²) in [6.45, 7) is 4.44. The molecule has 0 saturated carbocycles. The highest BCUT2D eigenvalue weighted by Gasteiger charge is 2.21. The van der Waals surface area contributed by atoms with Crippen molar-refractivity contribution in [2.45, 2.75) is 52.0 Å². The van der Waals surface area contributed by atoms with Gasteiger partial charge in [-0.05, 0) is 43.0 Å². The first-order valence-corrected chi connectivity index (χ1v) is 11.9. The van der Waals surface area contributed by atoms with E-state index in [1.54, 1.807) is 12.3 Å². The van der Waals surface area contributed by atoms with Crippen molar-refractivity contribution in [2.24, 2.45) is 0 Å². The van der Waals surface area contributed by atoms with Crippen LogP contribution in [-0.4, -0.2) is 47.4 Å². The van der Waals surface area contributed by atoms with Gasteiger partial charge in [0.25, 0.3) is 5.69 Å². The zero-order valence-corrected chi connectivity index (χ0v) is 20.6. The van der Waals surface area contributed by atoms with Crippen LogP contribution in [0, 0.1) is 17.0 Å². The number of esters is 1. The summed E-state index contributed by atoms with van der Waals surface area (Å²) >= 11 is 0. The highest BCUT2D eigenvalue weighted by molar-refractivity contribution is 5.85. The first-order chi connectivity index (χ1) is 17.3. The minimum Gasteiger partial charge on any atom is -0.466 e. The van der Waals surface area contributed by atoms with Gasteiger partial charge >= 0.3 is 5.97 Å². The number of aromatic nitrogens is 1. The van der Waals surface area contributed by atoms with E-state index < -0.39 is 22.8 Å². The lowest BCUT2D eigenvalue weighted by atomic mass is 10.0. The number of benzene rings is 1. The molecule has 11 nitrogen and oxygen atoms in total. The Kier molecular flexibility index (Phi) is 11.8. The van der Waals surface area contributed by atoms with Gasteiger partial charge in [0.1, 0.15) is 5.82 Å². The van der Waals surface area contributed by atoms with E-state index in [1.807, 2.05) is 26.0 Å². The first kappa shape index (κ1) is 28.2. The van der Waals surface area contributed by atoms with Gasteiger partial charge < -0.3 is 20.7 Å². The Morgan fingerprint density at radius 3 is 2.67 bits per heavy atom. The lowest BCUT2D eigenvalue weighted by molar-refractivity contribution is -0.384. The van der Waals surface area contributed by atoms with Crippen molar-refractivity contribution in [3.05, 3.63) is 63.8 Å². The fourth-order valence-electron chi connectivity index (χ4n) is 3.27. The van der Waals surface area contributed by atoms with Crippen LogP contribution >= 0.6 is 0 Å². The number of pyridine rings is 1. The molecule has 2 amide bonds. The van der Waals surface area contributed by atoms with Crippen molar-refractivity contribution < 1.29 is 24.0 Å². The van der Waals surface area contributed by atoms with Crippen LogP contribution in [0.1, 0.15) is 56.2 Å². The monoisotopic (exact) mass is 499 g/mol. The molecule has 0 saturated heterocycles. The van der Waals surface area contributed by atoms with Crippen molar-refractivity contribution in [1.29, 1.82) is 0 Å². The summed E-state index contributed by atoms with van der Waals surface area (Å²) in [6.07, 6.45) is 3.84. The molecule has 1 atom stereocenters. The van der Waals surface area contributed by atoms with Gasteiger partial charge in [-0.1, -0.05) is 25.5 Å². The van der Waals surface area contributed by atoms with E-state index in [4.69, 9.17) is 4.74 Å². The Hall–Kier alpha value is -4.02. The predicted octanol–water partition coefficient (Wildman–Crippen LogP) is 3.20.